The Balaban J connectivity index is 1.71. The van der Waals surface area contributed by atoms with E-state index < -0.39 is 0 Å². The van der Waals surface area contributed by atoms with E-state index in [9.17, 15) is 4.79 Å². The summed E-state index contributed by atoms with van der Waals surface area (Å²) in [6.07, 6.45) is 2.48. The van der Waals surface area contributed by atoms with Crippen LogP contribution in [0, 0.1) is 0 Å². The number of hydrogen-bond donors (Lipinski definition) is 1. The molecule has 2 saturated heterocycles. The number of anilines is 2. The molecule has 1 atom stereocenters. The van der Waals surface area contributed by atoms with Crippen LogP contribution in [0.25, 0.3) is 0 Å². The average Bonchev–Trinajstić information content (AvgIpc) is 2.82. The monoisotopic (exact) mass is 283 g/mol. The molecule has 0 radical (unpaired) electrons. The highest BCUT2D eigenvalue weighted by Crippen LogP contribution is 2.34. The van der Waals surface area contributed by atoms with Gasteiger partial charge in [0.05, 0.1) is 6.54 Å². The molecule has 3 heterocycles. The van der Waals surface area contributed by atoms with Crippen molar-refractivity contribution in [3.63, 3.8) is 0 Å². The third-order valence-electron chi connectivity index (χ3n) is 3.74. The standard InChI is InChI=1S/C11H17N5O2S/c1-15-7-11(18-10(15)17)3-2-5-16(6-4-11)9-14-13-8(12)19-9/h2-7H2,1H3,(H2,12,13). The molecule has 0 aromatic carbocycles. The molecule has 1 aromatic rings. The van der Waals surface area contributed by atoms with E-state index in [1.165, 1.54) is 11.3 Å². The zero-order valence-electron chi connectivity index (χ0n) is 10.8. The summed E-state index contributed by atoms with van der Waals surface area (Å²) in [4.78, 5) is 15.4. The maximum absolute atomic E-state index is 11.6. The number of rotatable bonds is 1. The fraction of sp³-hybridized carbons (Fsp3) is 0.727. The van der Waals surface area contributed by atoms with Gasteiger partial charge in [-0.2, -0.15) is 0 Å². The van der Waals surface area contributed by atoms with Crippen molar-refractivity contribution < 1.29 is 9.53 Å². The maximum Gasteiger partial charge on any atom is 0.410 e. The van der Waals surface area contributed by atoms with Gasteiger partial charge in [-0.05, 0) is 12.8 Å². The fourth-order valence-electron chi connectivity index (χ4n) is 2.77. The molecule has 1 unspecified atom stereocenters. The van der Waals surface area contributed by atoms with Crippen LogP contribution in [0.1, 0.15) is 19.3 Å². The second kappa shape index (κ2) is 4.52. The number of nitrogens with two attached hydrogens (primary N) is 1. The molecule has 19 heavy (non-hydrogen) atoms. The van der Waals surface area contributed by atoms with Gasteiger partial charge in [-0.1, -0.05) is 11.3 Å². The normalized spacial score (nSPS) is 27.7. The van der Waals surface area contributed by atoms with Crippen molar-refractivity contribution in [1.29, 1.82) is 0 Å². The number of aromatic nitrogens is 2. The number of carbonyl (C=O) groups excluding carboxylic acids is 1. The van der Waals surface area contributed by atoms with Gasteiger partial charge in [-0.3, -0.25) is 0 Å². The first-order valence-corrected chi connectivity index (χ1v) is 7.18. The van der Waals surface area contributed by atoms with Crippen molar-refractivity contribution in [2.45, 2.75) is 24.9 Å². The Bertz CT molecular complexity index is 493. The van der Waals surface area contributed by atoms with Crippen LogP contribution in [-0.2, 0) is 4.74 Å². The topological polar surface area (TPSA) is 84.6 Å². The molecule has 0 aliphatic carbocycles. The fourth-order valence-corrected chi connectivity index (χ4v) is 3.43. The number of likely N-dealkylation sites (N-methyl/N-ethyl adjacent to an activating group) is 1. The Morgan fingerprint density at radius 3 is 2.84 bits per heavy atom. The first kappa shape index (κ1) is 12.5. The minimum atomic E-state index is -0.323. The largest absolute Gasteiger partial charge is 0.441 e. The van der Waals surface area contributed by atoms with Crippen molar-refractivity contribution in [1.82, 2.24) is 15.1 Å². The highest BCUT2D eigenvalue weighted by Gasteiger charge is 2.44. The number of hydrogen-bond acceptors (Lipinski definition) is 7. The zero-order chi connectivity index (χ0) is 13.5. The molecule has 2 N–H and O–H groups in total. The van der Waals surface area contributed by atoms with Gasteiger partial charge in [0.15, 0.2) is 0 Å². The molecular formula is C11H17N5O2S. The summed E-state index contributed by atoms with van der Waals surface area (Å²) in [6, 6.07) is 0. The van der Waals surface area contributed by atoms with Gasteiger partial charge in [0.2, 0.25) is 10.3 Å². The van der Waals surface area contributed by atoms with Crippen LogP contribution in [-0.4, -0.2) is 53.5 Å². The summed E-state index contributed by atoms with van der Waals surface area (Å²) >= 11 is 1.40. The predicted molar refractivity (Wildman–Crippen MR) is 72.2 cm³/mol. The van der Waals surface area contributed by atoms with Crippen LogP contribution in [0.5, 0.6) is 0 Å². The molecule has 104 valence electrons. The summed E-state index contributed by atoms with van der Waals surface area (Å²) in [6.45, 7) is 2.39. The van der Waals surface area contributed by atoms with E-state index in [1.807, 2.05) is 0 Å². The SMILES string of the molecule is CN1CC2(CCCN(c3nnc(N)s3)CC2)OC1=O. The summed E-state index contributed by atoms with van der Waals surface area (Å²) in [7, 11) is 1.78. The van der Waals surface area contributed by atoms with Gasteiger partial charge < -0.3 is 20.3 Å². The number of carbonyl (C=O) groups is 1. The Hall–Kier alpha value is -1.57. The third kappa shape index (κ3) is 2.32. The number of ether oxygens (including phenoxy) is 1. The first-order chi connectivity index (χ1) is 9.08. The van der Waals surface area contributed by atoms with Crippen LogP contribution in [0.2, 0.25) is 0 Å². The highest BCUT2D eigenvalue weighted by molar-refractivity contribution is 7.18. The highest BCUT2D eigenvalue weighted by atomic mass is 32.1. The predicted octanol–water partition coefficient (Wildman–Crippen LogP) is 0.931. The minimum absolute atomic E-state index is 0.214. The third-order valence-corrected chi connectivity index (χ3v) is 4.55. The van der Waals surface area contributed by atoms with Gasteiger partial charge in [0.1, 0.15) is 5.60 Å². The molecule has 2 fully saturated rings. The van der Waals surface area contributed by atoms with Gasteiger partial charge in [0, 0.05) is 26.6 Å². The van der Waals surface area contributed by atoms with E-state index in [-0.39, 0.29) is 11.7 Å². The van der Waals surface area contributed by atoms with Crippen molar-refractivity contribution in [2.24, 2.45) is 0 Å². The minimum Gasteiger partial charge on any atom is -0.441 e. The van der Waals surface area contributed by atoms with Crippen LogP contribution in [0.15, 0.2) is 0 Å². The zero-order valence-corrected chi connectivity index (χ0v) is 11.7. The van der Waals surface area contributed by atoms with Crippen molar-refractivity contribution in [3.8, 4) is 0 Å². The quantitative estimate of drug-likeness (QED) is 0.825. The lowest BCUT2D eigenvalue weighted by molar-refractivity contribution is 0.0473. The van der Waals surface area contributed by atoms with Crippen LogP contribution < -0.4 is 10.6 Å². The molecule has 1 aromatic heterocycles. The second-order valence-electron chi connectivity index (χ2n) is 5.17. The summed E-state index contributed by atoms with van der Waals surface area (Å²) in [5, 5.41) is 9.26. The first-order valence-electron chi connectivity index (χ1n) is 6.36. The van der Waals surface area contributed by atoms with E-state index in [2.05, 4.69) is 15.1 Å². The summed E-state index contributed by atoms with van der Waals surface area (Å²) < 4.78 is 5.57. The molecule has 7 nitrogen and oxygen atoms in total. The molecule has 3 rings (SSSR count). The van der Waals surface area contributed by atoms with Gasteiger partial charge >= 0.3 is 6.09 Å². The lowest BCUT2D eigenvalue weighted by Crippen LogP contribution is -2.35. The lowest BCUT2D eigenvalue weighted by atomic mass is 9.95. The van der Waals surface area contributed by atoms with Gasteiger partial charge in [-0.15, -0.1) is 10.2 Å². The Labute approximate surface area is 115 Å². The molecule has 1 spiro atoms. The summed E-state index contributed by atoms with van der Waals surface area (Å²) in [5.74, 6) is 0. The molecule has 2 aliphatic heterocycles. The van der Waals surface area contributed by atoms with Gasteiger partial charge in [0.25, 0.3) is 0 Å². The molecule has 1 amide bonds. The number of nitrogen functional groups attached to an aromatic ring is 1. The molecule has 2 aliphatic rings. The smallest absolute Gasteiger partial charge is 0.410 e. The Kier molecular flexibility index (Phi) is 2.96. The van der Waals surface area contributed by atoms with Crippen LogP contribution in [0.4, 0.5) is 15.1 Å². The van der Waals surface area contributed by atoms with E-state index in [0.29, 0.717) is 11.7 Å². The Morgan fingerprint density at radius 2 is 2.21 bits per heavy atom. The lowest BCUT2D eigenvalue weighted by Gasteiger charge is -2.25. The second-order valence-corrected chi connectivity index (χ2v) is 6.16. The number of amides is 1. The summed E-state index contributed by atoms with van der Waals surface area (Å²) in [5.41, 5.74) is 5.30. The van der Waals surface area contributed by atoms with Crippen LogP contribution >= 0.6 is 11.3 Å². The van der Waals surface area contributed by atoms with E-state index in [0.717, 1.165) is 37.5 Å². The van der Waals surface area contributed by atoms with Crippen molar-refractivity contribution in [2.75, 3.05) is 37.3 Å². The van der Waals surface area contributed by atoms with E-state index in [4.69, 9.17) is 10.5 Å². The van der Waals surface area contributed by atoms with Crippen molar-refractivity contribution in [3.05, 3.63) is 0 Å². The van der Waals surface area contributed by atoms with E-state index in [1.54, 1.807) is 11.9 Å². The van der Waals surface area contributed by atoms with Crippen LogP contribution in [0.3, 0.4) is 0 Å². The Morgan fingerprint density at radius 1 is 1.37 bits per heavy atom. The molecule has 8 heteroatoms. The average molecular weight is 283 g/mol. The van der Waals surface area contributed by atoms with Crippen molar-refractivity contribution >= 4 is 27.7 Å². The number of nitrogens with zero attached hydrogens (tertiary/aromatic N) is 4. The molecule has 0 bridgehead atoms. The van der Waals surface area contributed by atoms with Gasteiger partial charge in [-0.25, -0.2) is 4.79 Å². The maximum atomic E-state index is 11.6. The molecule has 0 saturated carbocycles. The van der Waals surface area contributed by atoms with E-state index >= 15 is 0 Å². The molecular weight excluding hydrogens is 266 g/mol.